The molecule has 1 saturated heterocycles. The van der Waals surface area contributed by atoms with Gasteiger partial charge < -0.3 is 18.9 Å². The minimum absolute atomic E-state index is 0.181. The molecule has 0 N–H and O–H groups in total. The quantitative estimate of drug-likeness (QED) is 0.189. The molecular formula is C11H22O5Si. The molecule has 1 fully saturated rings. The summed E-state index contributed by atoms with van der Waals surface area (Å²) in [7, 11) is 0.922. The van der Waals surface area contributed by atoms with Gasteiger partial charge in [0.25, 0.3) is 0 Å². The Morgan fingerprint density at radius 3 is 2.82 bits per heavy atom. The number of hydrogen-bond acceptors (Lipinski definition) is 5. The molecule has 1 aliphatic rings. The highest BCUT2D eigenvalue weighted by molar-refractivity contribution is 6.10. The van der Waals surface area contributed by atoms with Crippen molar-refractivity contribution in [2.75, 3.05) is 19.8 Å². The third-order valence-corrected chi connectivity index (χ3v) is 2.43. The highest BCUT2D eigenvalue weighted by Crippen LogP contribution is 2.10. The lowest BCUT2D eigenvalue weighted by Gasteiger charge is -2.19. The Balaban J connectivity index is 2.06. The van der Waals surface area contributed by atoms with E-state index in [9.17, 15) is 4.79 Å². The van der Waals surface area contributed by atoms with E-state index in [0.717, 1.165) is 23.3 Å². The summed E-state index contributed by atoms with van der Waals surface area (Å²) in [6.07, 6.45) is 1.37. The van der Waals surface area contributed by atoms with Gasteiger partial charge in [-0.1, -0.05) is 0 Å². The summed E-state index contributed by atoms with van der Waals surface area (Å²) in [6, 6.07) is 0. The molecule has 0 spiro atoms. The average Bonchev–Trinajstić information content (AvgIpc) is 2.98. The predicted molar refractivity (Wildman–Crippen MR) is 65.8 cm³/mol. The van der Waals surface area contributed by atoms with Crippen LogP contribution in [0.1, 0.15) is 26.7 Å². The lowest BCUT2D eigenvalue weighted by Crippen LogP contribution is -2.25. The molecule has 0 aromatic carbocycles. The number of carbonyl (C=O) groups is 1. The van der Waals surface area contributed by atoms with Crippen molar-refractivity contribution >= 4 is 16.2 Å². The maximum absolute atomic E-state index is 10.9. The fraction of sp³-hybridized carbons (Fsp3) is 0.909. The van der Waals surface area contributed by atoms with E-state index in [4.69, 9.17) is 18.9 Å². The molecule has 0 bridgehead atoms. The number of carbonyl (C=O) groups excluding carboxylic acids is 1. The molecule has 0 radical (unpaired) electrons. The average molecular weight is 262 g/mol. The third kappa shape index (κ3) is 8.31. The molecule has 1 rings (SSSR count). The Kier molecular flexibility index (Phi) is 6.72. The van der Waals surface area contributed by atoms with E-state index in [1.165, 1.54) is 6.92 Å². The first-order chi connectivity index (χ1) is 8.08. The van der Waals surface area contributed by atoms with Crippen LogP contribution in [0.15, 0.2) is 0 Å². The lowest BCUT2D eigenvalue weighted by atomic mass is 10.3. The Bertz CT molecular complexity index is 230. The van der Waals surface area contributed by atoms with Crippen LogP contribution in [-0.4, -0.2) is 54.2 Å². The first-order valence-corrected chi connectivity index (χ1v) is 7.25. The number of epoxide rings is 1. The predicted octanol–water partition coefficient (Wildman–Crippen LogP) is -0.201. The summed E-state index contributed by atoms with van der Waals surface area (Å²) >= 11 is 0. The number of hydrogen-bond donors (Lipinski definition) is 0. The smallest absolute Gasteiger partial charge is 0.304 e. The fourth-order valence-electron chi connectivity index (χ4n) is 1.37. The molecule has 0 aromatic rings. The summed E-state index contributed by atoms with van der Waals surface area (Å²) in [4.78, 5) is 10.9. The number of rotatable bonds is 9. The summed E-state index contributed by atoms with van der Waals surface area (Å²) in [5.74, 6) is -0.301. The van der Waals surface area contributed by atoms with Crippen LogP contribution in [0.5, 0.6) is 0 Å². The number of esters is 1. The van der Waals surface area contributed by atoms with Gasteiger partial charge in [-0.2, -0.15) is 0 Å². The SMILES string of the molecule is CC(=O)OC(CCCOCC1CO1)OC(C)[SiH3]. The zero-order valence-electron chi connectivity index (χ0n) is 10.8. The lowest BCUT2D eigenvalue weighted by molar-refractivity contribution is -0.180. The highest BCUT2D eigenvalue weighted by Gasteiger charge is 2.22. The Morgan fingerprint density at radius 2 is 2.29 bits per heavy atom. The first kappa shape index (κ1) is 14.6. The van der Waals surface area contributed by atoms with Gasteiger partial charge in [-0.3, -0.25) is 4.79 Å². The van der Waals surface area contributed by atoms with Crippen LogP contribution in [0.25, 0.3) is 0 Å². The summed E-state index contributed by atoms with van der Waals surface area (Å²) < 4.78 is 21.1. The van der Waals surface area contributed by atoms with Gasteiger partial charge in [0.1, 0.15) is 6.10 Å². The second-order valence-corrected chi connectivity index (χ2v) is 6.02. The molecule has 1 heterocycles. The van der Waals surface area contributed by atoms with Gasteiger partial charge in [0.05, 0.1) is 13.2 Å². The highest BCUT2D eigenvalue weighted by atomic mass is 28.1. The molecule has 3 atom stereocenters. The zero-order chi connectivity index (χ0) is 12.7. The van der Waals surface area contributed by atoms with E-state index in [-0.39, 0.29) is 11.7 Å². The summed E-state index contributed by atoms with van der Waals surface area (Å²) in [5, 5.41) is 0. The van der Waals surface area contributed by atoms with Gasteiger partial charge in [-0.05, 0) is 13.3 Å². The standard InChI is InChI=1S/C11H22O5Si/c1-8(12)15-11(16-9(2)17)4-3-5-13-6-10-7-14-10/h9-11H,3-7H2,1-2,17H3. The van der Waals surface area contributed by atoms with E-state index in [0.29, 0.717) is 25.7 Å². The van der Waals surface area contributed by atoms with E-state index in [1.54, 1.807) is 0 Å². The van der Waals surface area contributed by atoms with Crippen molar-refractivity contribution in [2.24, 2.45) is 0 Å². The van der Waals surface area contributed by atoms with E-state index in [2.05, 4.69) is 0 Å². The summed E-state index contributed by atoms with van der Waals surface area (Å²) in [5.41, 5.74) is 0.181. The van der Waals surface area contributed by atoms with Crippen molar-refractivity contribution in [3.05, 3.63) is 0 Å². The zero-order valence-corrected chi connectivity index (χ0v) is 12.8. The molecule has 1 aliphatic heterocycles. The minimum Gasteiger partial charge on any atom is -0.436 e. The fourth-order valence-corrected chi connectivity index (χ4v) is 1.68. The van der Waals surface area contributed by atoms with Gasteiger partial charge >= 0.3 is 5.97 Å². The Hall–Kier alpha value is -0.433. The molecule has 5 nitrogen and oxygen atoms in total. The van der Waals surface area contributed by atoms with Gasteiger partial charge in [-0.25, -0.2) is 0 Å². The molecule has 0 amide bonds. The summed E-state index contributed by atoms with van der Waals surface area (Å²) in [6.45, 7) is 5.50. The Labute approximate surface area is 105 Å². The van der Waals surface area contributed by atoms with Crippen LogP contribution in [0.3, 0.4) is 0 Å². The van der Waals surface area contributed by atoms with Crippen molar-refractivity contribution in [1.29, 1.82) is 0 Å². The molecule has 0 saturated carbocycles. The normalized spacial score (nSPS) is 22.1. The van der Waals surface area contributed by atoms with Crippen molar-refractivity contribution in [3.8, 4) is 0 Å². The monoisotopic (exact) mass is 262 g/mol. The van der Waals surface area contributed by atoms with Gasteiger partial charge in [0.15, 0.2) is 0 Å². The largest absolute Gasteiger partial charge is 0.436 e. The van der Waals surface area contributed by atoms with Crippen molar-refractivity contribution in [1.82, 2.24) is 0 Å². The molecule has 17 heavy (non-hydrogen) atoms. The topological polar surface area (TPSA) is 57.3 Å². The van der Waals surface area contributed by atoms with E-state index in [1.807, 2.05) is 6.92 Å². The molecular weight excluding hydrogens is 240 g/mol. The molecule has 100 valence electrons. The Morgan fingerprint density at radius 1 is 1.59 bits per heavy atom. The van der Waals surface area contributed by atoms with E-state index < -0.39 is 6.29 Å². The van der Waals surface area contributed by atoms with Crippen LogP contribution in [0, 0.1) is 0 Å². The maximum atomic E-state index is 10.9. The number of ether oxygens (including phenoxy) is 4. The van der Waals surface area contributed by atoms with Crippen LogP contribution in [0.2, 0.25) is 0 Å². The van der Waals surface area contributed by atoms with Crippen molar-refractivity contribution in [2.45, 2.75) is 44.8 Å². The van der Waals surface area contributed by atoms with Gasteiger partial charge in [0, 0.05) is 35.9 Å². The molecule has 0 aliphatic carbocycles. The van der Waals surface area contributed by atoms with Gasteiger partial charge in [-0.15, -0.1) is 0 Å². The van der Waals surface area contributed by atoms with Crippen molar-refractivity contribution < 1.29 is 23.7 Å². The van der Waals surface area contributed by atoms with Crippen LogP contribution < -0.4 is 0 Å². The minimum atomic E-state index is -0.430. The van der Waals surface area contributed by atoms with Gasteiger partial charge in [0.2, 0.25) is 6.29 Å². The van der Waals surface area contributed by atoms with Crippen LogP contribution in [0.4, 0.5) is 0 Å². The molecule has 0 aromatic heterocycles. The molecule has 3 unspecified atom stereocenters. The van der Waals surface area contributed by atoms with E-state index >= 15 is 0 Å². The first-order valence-electron chi connectivity index (χ1n) is 6.10. The third-order valence-electron chi connectivity index (χ3n) is 2.16. The van der Waals surface area contributed by atoms with Crippen molar-refractivity contribution in [3.63, 3.8) is 0 Å². The second-order valence-electron chi connectivity index (χ2n) is 4.40. The maximum Gasteiger partial charge on any atom is 0.304 e. The second kappa shape index (κ2) is 7.81. The molecule has 6 heteroatoms. The van der Waals surface area contributed by atoms with Crippen LogP contribution >= 0.6 is 0 Å². The van der Waals surface area contributed by atoms with Crippen LogP contribution in [-0.2, 0) is 23.7 Å².